The summed E-state index contributed by atoms with van der Waals surface area (Å²) in [4.78, 5) is 29.8. The van der Waals surface area contributed by atoms with Gasteiger partial charge < -0.3 is 9.47 Å². The molecule has 1 spiro atoms. The molecule has 0 unspecified atom stereocenters. The number of ketones is 1. The van der Waals surface area contributed by atoms with Gasteiger partial charge in [-0.2, -0.15) is 8.78 Å². The quantitative estimate of drug-likeness (QED) is 0.557. The average molecular weight is 522 g/mol. The Morgan fingerprint density at radius 1 is 1.06 bits per heavy atom. The van der Waals surface area contributed by atoms with Crippen LogP contribution in [0.2, 0.25) is 0 Å². The molecule has 0 N–H and O–H groups in total. The minimum absolute atomic E-state index is 0.0135. The molecule has 0 saturated carbocycles. The molecule has 4 rings (SSSR count). The smallest absolute Gasteiger partial charge is 0.308 e. The fourth-order valence-corrected chi connectivity index (χ4v) is 6.47. The molecule has 2 aromatic rings. The van der Waals surface area contributed by atoms with Crippen LogP contribution in [0.15, 0.2) is 41.3 Å². The lowest BCUT2D eigenvalue weighted by molar-refractivity contribution is -0.0144. The van der Waals surface area contributed by atoms with Gasteiger partial charge in [0.25, 0.3) is 5.91 Å². The van der Waals surface area contributed by atoms with Crippen molar-refractivity contribution >= 4 is 21.5 Å². The van der Waals surface area contributed by atoms with E-state index < -0.39 is 32.3 Å². The number of carbonyl (C=O) groups excluding carboxylic acids is 2. The summed E-state index contributed by atoms with van der Waals surface area (Å²) in [7, 11) is -1.42. The van der Waals surface area contributed by atoms with E-state index in [0.717, 1.165) is 5.69 Å². The van der Waals surface area contributed by atoms with Crippen molar-refractivity contribution < 1.29 is 26.8 Å². The van der Waals surface area contributed by atoms with Crippen molar-refractivity contribution in [3.63, 3.8) is 0 Å². The van der Waals surface area contributed by atoms with E-state index in [1.807, 2.05) is 14.0 Å². The lowest BCUT2D eigenvalue weighted by Gasteiger charge is -2.53. The van der Waals surface area contributed by atoms with E-state index in [9.17, 15) is 26.8 Å². The number of sulfone groups is 1. The lowest BCUT2D eigenvalue weighted by Crippen LogP contribution is -2.59. The second-order valence-corrected chi connectivity index (χ2v) is 12.8. The Morgan fingerprint density at radius 2 is 1.64 bits per heavy atom. The molecule has 2 aliphatic rings. The van der Waals surface area contributed by atoms with Crippen LogP contribution in [0, 0.1) is 0 Å². The standard InChI is InChI=1S/C26H33F2N3O4S/c1-17(2)36(34,35)20-8-6-19(7-9-20)24(33)30-14-12-26(13-15-30)22-11-10-21(23(32)25(4,27)28)31(22)16-18(3)29(26)5/h6-11,17-18H,12-16H2,1-5H3/t18-/m0/s1. The van der Waals surface area contributed by atoms with Crippen molar-refractivity contribution in [1.29, 1.82) is 0 Å². The largest absolute Gasteiger partial charge is 0.339 e. The van der Waals surface area contributed by atoms with Gasteiger partial charge >= 0.3 is 5.92 Å². The first-order valence-corrected chi connectivity index (χ1v) is 13.7. The van der Waals surface area contributed by atoms with Crippen LogP contribution in [0.5, 0.6) is 0 Å². The number of benzene rings is 1. The van der Waals surface area contributed by atoms with Crippen LogP contribution in [-0.2, 0) is 21.9 Å². The molecule has 1 saturated heterocycles. The highest BCUT2D eigenvalue weighted by atomic mass is 32.2. The molecule has 196 valence electrons. The predicted molar refractivity (Wildman–Crippen MR) is 132 cm³/mol. The van der Waals surface area contributed by atoms with E-state index in [0.29, 0.717) is 45.0 Å². The molecular formula is C26H33F2N3O4S. The third-order valence-corrected chi connectivity index (χ3v) is 9.97. The SMILES string of the molecule is CC(C)S(=O)(=O)c1ccc(C(=O)N2CCC3(CC2)c2ccc(C(=O)C(C)(F)F)n2C[C@H](C)N3C)cc1. The highest BCUT2D eigenvalue weighted by molar-refractivity contribution is 7.92. The molecule has 1 atom stereocenters. The summed E-state index contributed by atoms with van der Waals surface area (Å²) in [6.45, 7) is 7.19. The number of Topliss-reactive ketones (excluding diaryl/α,β-unsaturated/α-hetero) is 1. The zero-order valence-electron chi connectivity index (χ0n) is 21.3. The Hall–Kier alpha value is -2.59. The number of carbonyl (C=O) groups is 2. The fourth-order valence-electron chi connectivity index (χ4n) is 5.41. The summed E-state index contributed by atoms with van der Waals surface area (Å²) in [5, 5.41) is -0.550. The van der Waals surface area contributed by atoms with Crippen LogP contribution >= 0.6 is 0 Å². The highest BCUT2D eigenvalue weighted by Gasteiger charge is 2.48. The van der Waals surface area contributed by atoms with Crippen molar-refractivity contribution in [2.45, 2.75) is 74.7 Å². The molecule has 2 aliphatic heterocycles. The third kappa shape index (κ3) is 4.28. The summed E-state index contributed by atoms with van der Waals surface area (Å²) in [6, 6.07) is 9.31. The molecule has 1 amide bonds. The second-order valence-electron chi connectivity index (χ2n) is 10.3. The fraction of sp³-hybridized carbons (Fsp3) is 0.538. The summed E-state index contributed by atoms with van der Waals surface area (Å²) in [5.74, 6) is -4.81. The predicted octanol–water partition coefficient (Wildman–Crippen LogP) is 3.97. The van der Waals surface area contributed by atoms with Gasteiger partial charge in [-0.15, -0.1) is 0 Å². The Balaban J connectivity index is 1.56. The monoisotopic (exact) mass is 521 g/mol. The van der Waals surface area contributed by atoms with Crippen LogP contribution in [0.25, 0.3) is 0 Å². The van der Waals surface area contributed by atoms with Crippen molar-refractivity contribution in [1.82, 2.24) is 14.4 Å². The zero-order valence-corrected chi connectivity index (χ0v) is 22.1. The Bertz CT molecular complexity index is 1270. The number of amides is 1. The molecule has 1 aromatic carbocycles. The molecule has 7 nitrogen and oxygen atoms in total. The van der Waals surface area contributed by atoms with E-state index in [1.54, 1.807) is 41.5 Å². The number of alkyl halides is 2. The van der Waals surface area contributed by atoms with Crippen LogP contribution < -0.4 is 0 Å². The topological polar surface area (TPSA) is 79.7 Å². The van der Waals surface area contributed by atoms with Gasteiger partial charge in [0.15, 0.2) is 9.84 Å². The summed E-state index contributed by atoms with van der Waals surface area (Å²) < 4.78 is 54.2. The maximum absolute atomic E-state index is 13.8. The number of likely N-dealkylation sites (tertiary alicyclic amines) is 1. The molecule has 36 heavy (non-hydrogen) atoms. The van der Waals surface area contributed by atoms with Crippen molar-refractivity contribution in [2.75, 3.05) is 20.1 Å². The van der Waals surface area contributed by atoms with Gasteiger partial charge in [-0.25, -0.2) is 8.42 Å². The molecule has 10 heteroatoms. The average Bonchev–Trinajstić information content (AvgIpc) is 3.25. The molecule has 1 fully saturated rings. The van der Waals surface area contributed by atoms with Crippen LogP contribution in [0.3, 0.4) is 0 Å². The molecular weight excluding hydrogens is 488 g/mol. The van der Waals surface area contributed by atoms with Crippen molar-refractivity contribution in [3.05, 3.63) is 53.3 Å². The lowest BCUT2D eigenvalue weighted by atomic mass is 9.80. The number of fused-ring (bicyclic) bond motifs is 2. The molecule has 1 aromatic heterocycles. The number of hydrogen-bond donors (Lipinski definition) is 0. The normalized spacial score (nSPS) is 20.6. The van der Waals surface area contributed by atoms with E-state index in [1.165, 1.54) is 18.2 Å². The van der Waals surface area contributed by atoms with Crippen molar-refractivity contribution in [2.24, 2.45) is 0 Å². The van der Waals surface area contributed by atoms with Crippen LogP contribution in [-0.4, -0.2) is 71.8 Å². The number of halogens is 2. The number of nitrogens with zero attached hydrogens (tertiary/aromatic N) is 3. The van der Waals surface area contributed by atoms with Crippen LogP contribution in [0.1, 0.15) is 67.1 Å². The first-order valence-electron chi connectivity index (χ1n) is 12.2. The molecule has 0 radical (unpaired) electrons. The zero-order chi connectivity index (χ0) is 26.6. The minimum Gasteiger partial charge on any atom is -0.339 e. The van der Waals surface area contributed by atoms with E-state index in [-0.39, 0.29) is 22.5 Å². The van der Waals surface area contributed by atoms with E-state index in [4.69, 9.17) is 0 Å². The van der Waals surface area contributed by atoms with Gasteiger partial charge in [0.05, 0.1) is 21.4 Å². The molecule has 0 bridgehead atoms. The summed E-state index contributed by atoms with van der Waals surface area (Å²) in [5.41, 5.74) is 0.781. The van der Waals surface area contributed by atoms with Gasteiger partial charge in [0, 0.05) is 43.9 Å². The summed E-state index contributed by atoms with van der Waals surface area (Å²) >= 11 is 0. The summed E-state index contributed by atoms with van der Waals surface area (Å²) in [6.07, 6.45) is 1.17. The van der Waals surface area contributed by atoms with E-state index >= 15 is 0 Å². The van der Waals surface area contributed by atoms with E-state index in [2.05, 4.69) is 4.90 Å². The number of likely N-dealkylation sites (N-methyl/N-ethyl adjacent to an activating group) is 1. The minimum atomic E-state index is -3.45. The van der Waals surface area contributed by atoms with Gasteiger partial charge in [0.1, 0.15) is 0 Å². The van der Waals surface area contributed by atoms with Crippen LogP contribution in [0.4, 0.5) is 8.78 Å². The highest BCUT2D eigenvalue weighted by Crippen LogP contribution is 2.44. The molecule has 3 heterocycles. The van der Waals surface area contributed by atoms with Gasteiger partial charge in [-0.1, -0.05) is 0 Å². The van der Waals surface area contributed by atoms with Gasteiger partial charge in [-0.05, 0) is 77.1 Å². The van der Waals surface area contributed by atoms with Crippen molar-refractivity contribution in [3.8, 4) is 0 Å². The molecule has 0 aliphatic carbocycles. The third-order valence-electron chi connectivity index (χ3n) is 7.80. The number of aromatic nitrogens is 1. The Morgan fingerprint density at radius 3 is 2.17 bits per heavy atom. The number of rotatable bonds is 5. The second kappa shape index (κ2) is 9.06. The Kier molecular flexibility index (Phi) is 6.66. The maximum Gasteiger partial charge on any atom is 0.308 e. The maximum atomic E-state index is 13.8. The van der Waals surface area contributed by atoms with Gasteiger partial charge in [-0.3, -0.25) is 14.5 Å². The Labute approximate surface area is 211 Å². The number of hydrogen-bond acceptors (Lipinski definition) is 5. The first kappa shape index (κ1) is 26.5. The first-order chi connectivity index (χ1) is 16.7. The number of piperidine rings is 1. The van der Waals surface area contributed by atoms with Gasteiger partial charge in [0.2, 0.25) is 5.78 Å².